The number of anilines is 2. The highest BCUT2D eigenvalue weighted by Crippen LogP contribution is 2.44. The molecule has 3 aliphatic rings. The molecule has 31 heavy (non-hydrogen) atoms. The molecule has 3 aliphatic heterocycles. The largest absolute Gasteiger partial charge is 0.315 e. The van der Waals surface area contributed by atoms with Crippen LogP contribution in [-0.2, 0) is 16.0 Å². The second-order valence-electron chi connectivity index (χ2n) is 8.80. The molecule has 3 heterocycles. The van der Waals surface area contributed by atoms with E-state index in [1.807, 2.05) is 48.2 Å². The first-order valence-corrected chi connectivity index (χ1v) is 11.1. The predicted molar refractivity (Wildman–Crippen MR) is 119 cm³/mol. The summed E-state index contributed by atoms with van der Waals surface area (Å²) in [5.74, 6) is 0.0924. The van der Waals surface area contributed by atoms with E-state index >= 15 is 0 Å². The second kappa shape index (κ2) is 7.52. The highest BCUT2D eigenvalue weighted by atomic mass is 16.2. The summed E-state index contributed by atoms with van der Waals surface area (Å²) in [5, 5.41) is 0. The fourth-order valence-corrected chi connectivity index (χ4v) is 5.36. The maximum atomic E-state index is 13.3. The van der Waals surface area contributed by atoms with Crippen LogP contribution in [0.3, 0.4) is 0 Å². The maximum Gasteiger partial charge on any atom is 0.257 e. The van der Waals surface area contributed by atoms with E-state index in [2.05, 4.69) is 6.07 Å². The molecule has 6 heteroatoms. The summed E-state index contributed by atoms with van der Waals surface area (Å²) in [5.41, 5.74) is 2.84. The van der Waals surface area contributed by atoms with Crippen molar-refractivity contribution in [2.24, 2.45) is 0 Å². The normalized spacial score (nSPS) is 22.3. The maximum absolute atomic E-state index is 13.3. The van der Waals surface area contributed by atoms with Crippen molar-refractivity contribution in [2.45, 2.75) is 51.1 Å². The molecule has 160 valence electrons. The van der Waals surface area contributed by atoms with Gasteiger partial charge in [-0.2, -0.15) is 0 Å². The molecule has 6 nitrogen and oxygen atoms in total. The number of carbonyl (C=O) groups excluding carboxylic acids is 3. The Labute approximate surface area is 182 Å². The van der Waals surface area contributed by atoms with E-state index < -0.39 is 5.66 Å². The first-order chi connectivity index (χ1) is 15.0. The van der Waals surface area contributed by atoms with Crippen LogP contribution in [-0.4, -0.2) is 41.4 Å². The molecule has 0 aromatic heterocycles. The zero-order chi connectivity index (χ0) is 21.6. The Balaban J connectivity index is 1.32. The lowest BCUT2D eigenvalue weighted by Gasteiger charge is -2.48. The molecule has 3 amide bonds. The van der Waals surface area contributed by atoms with Crippen LogP contribution in [0.5, 0.6) is 0 Å². The number of benzene rings is 2. The molecule has 2 aromatic rings. The number of fused-ring (bicyclic) bond motifs is 4. The van der Waals surface area contributed by atoms with Gasteiger partial charge in [-0.1, -0.05) is 30.3 Å². The van der Waals surface area contributed by atoms with Crippen LogP contribution in [0.2, 0.25) is 0 Å². The number of carbonyl (C=O) groups is 3. The van der Waals surface area contributed by atoms with E-state index in [1.165, 1.54) is 5.56 Å². The lowest BCUT2D eigenvalue weighted by Crippen LogP contribution is -2.62. The molecule has 1 saturated heterocycles. The van der Waals surface area contributed by atoms with E-state index in [4.69, 9.17) is 0 Å². The third kappa shape index (κ3) is 3.12. The van der Waals surface area contributed by atoms with Crippen molar-refractivity contribution in [2.75, 3.05) is 22.9 Å². The van der Waals surface area contributed by atoms with Crippen LogP contribution in [0.15, 0.2) is 48.5 Å². The average molecular weight is 418 g/mol. The van der Waals surface area contributed by atoms with Gasteiger partial charge in [0, 0.05) is 31.6 Å². The van der Waals surface area contributed by atoms with E-state index in [9.17, 15) is 14.4 Å². The zero-order valence-corrected chi connectivity index (χ0v) is 17.8. The average Bonchev–Trinajstić information content (AvgIpc) is 3.10. The smallest absolute Gasteiger partial charge is 0.257 e. The Bertz CT molecular complexity index is 1070. The number of nitrogens with zero attached hydrogens (tertiary/aromatic N) is 3. The molecule has 0 spiro atoms. The Hall–Kier alpha value is -3.15. The molecule has 0 unspecified atom stereocenters. The standard InChI is InChI=1S/C25H27N3O3/c1-25-15-14-23(30)28(25)21-12-5-3-10-19(21)24(31)27(25)17-7-13-22(29)26-16-6-9-18-8-2-4-11-20(18)26/h2-5,8,10-12H,6-7,9,13-17H2,1H3/t25-/m0/s1. The molecule has 0 N–H and O–H groups in total. The molecule has 1 atom stereocenters. The van der Waals surface area contributed by atoms with E-state index in [0.717, 1.165) is 25.1 Å². The van der Waals surface area contributed by atoms with Crippen molar-refractivity contribution in [3.63, 3.8) is 0 Å². The van der Waals surface area contributed by atoms with Gasteiger partial charge in [0.2, 0.25) is 11.8 Å². The number of rotatable bonds is 4. The topological polar surface area (TPSA) is 60.9 Å². The van der Waals surface area contributed by atoms with E-state index in [-0.39, 0.29) is 17.7 Å². The van der Waals surface area contributed by atoms with Gasteiger partial charge in [0.1, 0.15) is 5.66 Å². The molecule has 0 saturated carbocycles. The van der Waals surface area contributed by atoms with Crippen LogP contribution >= 0.6 is 0 Å². The van der Waals surface area contributed by atoms with Gasteiger partial charge in [0.15, 0.2) is 0 Å². The number of amides is 3. The minimum absolute atomic E-state index is 0.0495. The van der Waals surface area contributed by atoms with Gasteiger partial charge in [-0.15, -0.1) is 0 Å². The van der Waals surface area contributed by atoms with Crippen molar-refractivity contribution in [1.82, 2.24) is 4.90 Å². The molecule has 5 rings (SSSR count). The third-order valence-corrected chi connectivity index (χ3v) is 6.93. The van der Waals surface area contributed by atoms with Crippen LogP contribution in [0.1, 0.15) is 54.9 Å². The summed E-state index contributed by atoms with van der Waals surface area (Å²) >= 11 is 0. The fraction of sp³-hybridized carbons (Fsp3) is 0.400. The monoisotopic (exact) mass is 417 g/mol. The van der Waals surface area contributed by atoms with Crippen LogP contribution in [0, 0.1) is 0 Å². The first-order valence-electron chi connectivity index (χ1n) is 11.1. The minimum atomic E-state index is -0.663. The SMILES string of the molecule is C[C@@]12CCC(=O)N1c1ccccc1C(=O)N2CCCC(=O)N1CCCc2ccccc21. The quantitative estimate of drug-likeness (QED) is 0.761. The Kier molecular flexibility index (Phi) is 4.80. The van der Waals surface area contributed by atoms with Crippen LogP contribution in [0.4, 0.5) is 11.4 Å². The van der Waals surface area contributed by atoms with Crippen molar-refractivity contribution in [3.8, 4) is 0 Å². The van der Waals surface area contributed by atoms with E-state index in [1.54, 1.807) is 15.9 Å². The summed E-state index contributed by atoms with van der Waals surface area (Å²) in [7, 11) is 0. The minimum Gasteiger partial charge on any atom is -0.315 e. The van der Waals surface area contributed by atoms with Crippen molar-refractivity contribution >= 4 is 29.1 Å². The van der Waals surface area contributed by atoms with Gasteiger partial charge in [-0.25, -0.2) is 0 Å². The molecule has 2 aromatic carbocycles. The van der Waals surface area contributed by atoms with Crippen molar-refractivity contribution < 1.29 is 14.4 Å². The van der Waals surface area contributed by atoms with Gasteiger partial charge in [0.25, 0.3) is 5.91 Å². The summed E-state index contributed by atoms with van der Waals surface area (Å²) in [6, 6.07) is 15.4. The van der Waals surface area contributed by atoms with Gasteiger partial charge in [-0.3, -0.25) is 19.3 Å². The van der Waals surface area contributed by atoms with Crippen LogP contribution < -0.4 is 9.80 Å². The van der Waals surface area contributed by atoms with Crippen LogP contribution in [0.25, 0.3) is 0 Å². The Morgan fingerprint density at radius 3 is 2.58 bits per heavy atom. The van der Waals surface area contributed by atoms with Crippen molar-refractivity contribution in [1.29, 1.82) is 0 Å². The molecule has 1 fully saturated rings. The van der Waals surface area contributed by atoms with Gasteiger partial charge in [-0.05, 0) is 56.4 Å². The molecule has 0 bridgehead atoms. The first kappa shape index (κ1) is 19.8. The molecule has 0 aliphatic carbocycles. The Morgan fingerprint density at radius 1 is 1.00 bits per heavy atom. The zero-order valence-electron chi connectivity index (χ0n) is 17.8. The van der Waals surface area contributed by atoms with E-state index in [0.29, 0.717) is 43.5 Å². The van der Waals surface area contributed by atoms with Crippen molar-refractivity contribution in [3.05, 3.63) is 59.7 Å². The Morgan fingerprint density at radius 2 is 1.74 bits per heavy atom. The predicted octanol–water partition coefficient (Wildman–Crippen LogP) is 3.75. The molecular weight excluding hydrogens is 390 g/mol. The summed E-state index contributed by atoms with van der Waals surface area (Å²) in [6.45, 7) is 3.16. The highest BCUT2D eigenvalue weighted by Gasteiger charge is 2.52. The van der Waals surface area contributed by atoms with Gasteiger partial charge in [0.05, 0.1) is 11.3 Å². The summed E-state index contributed by atoms with van der Waals surface area (Å²) in [6.07, 6.45) is 3.97. The lowest BCUT2D eigenvalue weighted by molar-refractivity contribution is -0.119. The lowest BCUT2D eigenvalue weighted by atomic mass is 9.97. The molecular formula is C25H27N3O3. The highest BCUT2D eigenvalue weighted by molar-refractivity contribution is 6.10. The number of hydrogen-bond donors (Lipinski definition) is 0. The number of aryl methyl sites for hydroxylation is 1. The fourth-order valence-electron chi connectivity index (χ4n) is 5.36. The second-order valence-corrected chi connectivity index (χ2v) is 8.80. The number of para-hydroxylation sites is 2. The van der Waals surface area contributed by atoms with Gasteiger partial charge >= 0.3 is 0 Å². The third-order valence-electron chi connectivity index (χ3n) is 6.93. The number of hydrogen-bond acceptors (Lipinski definition) is 3. The summed E-state index contributed by atoms with van der Waals surface area (Å²) in [4.78, 5) is 44.4. The molecule has 0 radical (unpaired) electrons. The van der Waals surface area contributed by atoms with Gasteiger partial charge < -0.3 is 9.80 Å². The summed E-state index contributed by atoms with van der Waals surface area (Å²) < 4.78 is 0.